The van der Waals surface area contributed by atoms with Crippen molar-refractivity contribution in [1.29, 1.82) is 0 Å². The number of anilines is 2. The lowest BCUT2D eigenvalue weighted by Crippen LogP contribution is -2.09. The van der Waals surface area contributed by atoms with Crippen LogP contribution in [0, 0.1) is 0 Å². The average molecular weight is 290 g/mol. The zero-order chi connectivity index (χ0) is 15.5. The Labute approximate surface area is 134 Å². The molecule has 3 rings (SSSR count). The fourth-order valence-electron chi connectivity index (χ4n) is 3.44. The summed E-state index contributed by atoms with van der Waals surface area (Å²) in [5, 5.41) is 0. The summed E-state index contributed by atoms with van der Waals surface area (Å²) >= 11 is 0. The second kappa shape index (κ2) is 6.47. The van der Waals surface area contributed by atoms with E-state index in [1.807, 2.05) is 12.1 Å². The lowest BCUT2D eigenvalue weighted by Gasteiger charge is -2.26. The molecule has 0 unspecified atom stereocenters. The monoisotopic (exact) mass is 290 g/mol. The van der Waals surface area contributed by atoms with E-state index in [-0.39, 0.29) is 0 Å². The third kappa shape index (κ3) is 3.65. The smallest absolute Gasteiger partial charge is 0.0699 e. The van der Waals surface area contributed by atoms with Crippen LogP contribution >= 0.6 is 0 Å². The van der Waals surface area contributed by atoms with E-state index in [1.54, 1.807) is 6.07 Å². The van der Waals surface area contributed by atoms with Crippen LogP contribution in [-0.4, -0.2) is 7.85 Å². The van der Waals surface area contributed by atoms with Gasteiger partial charge in [-0.15, -0.1) is 0 Å². The molecule has 2 radical (unpaired) electrons. The van der Waals surface area contributed by atoms with Gasteiger partial charge in [0.2, 0.25) is 0 Å². The summed E-state index contributed by atoms with van der Waals surface area (Å²) in [6.45, 7) is 0. The van der Waals surface area contributed by atoms with Gasteiger partial charge in [0.1, 0.15) is 0 Å². The van der Waals surface area contributed by atoms with Gasteiger partial charge in [0.15, 0.2) is 0 Å². The normalized spacial score (nSPS) is 21.6. The third-order valence-electron chi connectivity index (χ3n) is 4.67. The summed E-state index contributed by atoms with van der Waals surface area (Å²) in [4.78, 5) is 0. The van der Waals surface area contributed by atoms with Gasteiger partial charge < -0.3 is 11.5 Å². The molecule has 0 bridgehead atoms. The average Bonchev–Trinajstić information content (AvgIpc) is 2.48. The first kappa shape index (κ1) is 15.0. The van der Waals surface area contributed by atoms with E-state index in [0.717, 1.165) is 36.2 Å². The highest BCUT2D eigenvalue weighted by Crippen LogP contribution is 2.37. The van der Waals surface area contributed by atoms with Crippen LogP contribution in [0.2, 0.25) is 5.82 Å². The minimum atomic E-state index is 0.407. The highest BCUT2D eigenvalue weighted by Gasteiger charge is 2.19. The van der Waals surface area contributed by atoms with Gasteiger partial charge in [-0.1, -0.05) is 42.9 Å². The Hall–Kier alpha value is -1.90. The molecule has 2 aromatic carbocycles. The second-order valence-corrected chi connectivity index (χ2v) is 6.54. The molecule has 0 atom stereocenters. The highest BCUT2D eigenvalue weighted by atomic mass is 14.6. The molecule has 2 aromatic rings. The number of hydrogen-bond acceptors (Lipinski definition) is 2. The van der Waals surface area contributed by atoms with Crippen LogP contribution < -0.4 is 11.5 Å². The fourth-order valence-corrected chi connectivity index (χ4v) is 3.44. The van der Waals surface area contributed by atoms with Gasteiger partial charge in [-0.05, 0) is 60.1 Å². The Bertz CT molecular complexity index is 608. The van der Waals surface area contributed by atoms with Crippen LogP contribution in [0.15, 0.2) is 42.5 Å². The number of hydrogen-bond donors (Lipinski definition) is 2. The Morgan fingerprint density at radius 2 is 1.41 bits per heavy atom. The van der Waals surface area contributed by atoms with Crippen molar-refractivity contribution in [2.24, 2.45) is 0 Å². The Morgan fingerprint density at radius 1 is 0.818 bits per heavy atom. The molecule has 3 heteroatoms. The first-order chi connectivity index (χ1) is 10.6. The molecular formula is C19H23BN2. The number of nitrogen functional groups attached to an aromatic ring is 2. The van der Waals surface area contributed by atoms with Crippen molar-refractivity contribution < 1.29 is 0 Å². The molecule has 2 nitrogen and oxygen atoms in total. The van der Waals surface area contributed by atoms with Crippen LogP contribution in [0.1, 0.15) is 48.3 Å². The minimum Gasteiger partial charge on any atom is -0.399 e. The molecule has 4 N–H and O–H groups in total. The number of benzene rings is 2. The van der Waals surface area contributed by atoms with Gasteiger partial charge in [0.05, 0.1) is 7.85 Å². The van der Waals surface area contributed by atoms with Crippen molar-refractivity contribution in [1.82, 2.24) is 0 Å². The molecule has 1 fully saturated rings. The van der Waals surface area contributed by atoms with Crippen molar-refractivity contribution in [3.05, 3.63) is 59.2 Å². The Balaban J connectivity index is 1.69. The van der Waals surface area contributed by atoms with Gasteiger partial charge >= 0.3 is 0 Å². The summed E-state index contributed by atoms with van der Waals surface area (Å²) in [6.07, 6.45) is 5.59. The van der Waals surface area contributed by atoms with Gasteiger partial charge in [0, 0.05) is 11.4 Å². The zero-order valence-electron chi connectivity index (χ0n) is 13.0. The fraction of sp³-hybridized carbons (Fsp3) is 0.368. The van der Waals surface area contributed by atoms with Gasteiger partial charge in [-0.3, -0.25) is 0 Å². The number of rotatable bonds is 3. The first-order valence-electron chi connectivity index (χ1n) is 8.09. The molecule has 1 aliphatic rings. The summed E-state index contributed by atoms with van der Waals surface area (Å²) in [7, 11) is 5.99. The van der Waals surface area contributed by atoms with Crippen LogP contribution in [-0.2, 0) is 6.42 Å². The van der Waals surface area contributed by atoms with E-state index < -0.39 is 0 Å². The predicted octanol–water partition coefficient (Wildman–Crippen LogP) is 4.06. The molecule has 112 valence electrons. The summed E-state index contributed by atoms with van der Waals surface area (Å²) < 4.78 is 0. The molecule has 1 saturated carbocycles. The zero-order valence-corrected chi connectivity index (χ0v) is 13.0. The molecule has 0 saturated heterocycles. The van der Waals surface area contributed by atoms with E-state index in [2.05, 4.69) is 24.3 Å². The van der Waals surface area contributed by atoms with Crippen molar-refractivity contribution >= 4 is 19.2 Å². The highest BCUT2D eigenvalue weighted by molar-refractivity contribution is 6.11. The maximum absolute atomic E-state index is 5.99. The predicted molar refractivity (Wildman–Crippen MR) is 95.2 cm³/mol. The lowest BCUT2D eigenvalue weighted by atomic mass is 9.70. The maximum atomic E-state index is 5.99. The molecule has 1 aliphatic carbocycles. The van der Waals surface area contributed by atoms with Crippen LogP contribution in [0.4, 0.5) is 11.4 Å². The second-order valence-electron chi connectivity index (χ2n) is 6.54. The van der Waals surface area contributed by atoms with E-state index >= 15 is 0 Å². The van der Waals surface area contributed by atoms with Gasteiger partial charge in [0.25, 0.3) is 0 Å². The molecule has 0 amide bonds. The summed E-state index contributed by atoms with van der Waals surface area (Å²) in [6, 6.07) is 14.8. The topological polar surface area (TPSA) is 52.0 Å². The van der Waals surface area contributed by atoms with Crippen molar-refractivity contribution in [2.45, 2.75) is 43.8 Å². The molecule has 0 spiro atoms. The van der Waals surface area contributed by atoms with E-state index in [4.69, 9.17) is 19.3 Å². The Morgan fingerprint density at radius 3 is 2.00 bits per heavy atom. The standard InChI is InChI=1S/C19H23BN2/c20-17-7-5-16(6-8-17)15-3-1-13(2-4-15)9-14-10-18(21)12-19(22)11-14/h1-4,10-12,16-17H,5-9,21-22H2. The van der Waals surface area contributed by atoms with E-state index in [1.165, 1.54) is 24.0 Å². The number of nitrogens with two attached hydrogens (primary N) is 2. The SMILES string of the molecule is [B]C1CCC(c2ccc(Cc3cc(N)cc(N)c3)cc2)CC1. The van der Waals surface area contributed by atoms with Crippen LogP contribution in [0.3, 0.4) is 0 Å². The van der Waals surface area contributed by atoms with Crippen molar-refractivity contribution in [3.63, 3.8) is 0 Å². The first-order valence-corrected chi connectivity index (χ1v) is 8.09. The van der Waals surface area contributed by atoms with E-state index in [0.29, 0.717) is 11.7 Å². The maximum Gasteiger partial charge on any atom is 0.0699 e. The molecular weight excluding hydrogens is 267 g/mol. The van der Waals surface area contributed by atoms with Crippen molar-refractivity contribution in [2.75, 3.05) is 11.5 Å². The molecule has 0 aromatic heterocycles. The van der Waals surface area contributed by atoms with Gasteiger partial charge in [-0.25, -0.2) is 0 Å². The van der Waals surface area contributed by atoms with E-state index in [9.17, 15) is 0 Å². The van der Waals surface area contributed by atoms with Crippen LogP contribution in [0.5, 0.6) is 0 Å². The Kier molecular flexibility index (Phi) is 4.42. The largest absolute Gasteiger partial charge is 0.399 e. The summed E-state index contributed by atoms with van der Waals surface area (Å²) in [5.41, 5.74) is 17.1. The quantitative estimate of drug-likeness (QED) is 0.661. The summed E-state index contributed by atoms with van der Waals surface area (Å²) in [5.74, 6) is 1.08. The van der Waals surface area contributed by atoms with Gasteiger partial charge in [-0.2, -0.15) is 0 Å². The minimum absolute atomic E-state index is 0.407. The molecule has 0 aliphatic heterocycles. The lowest BCUT2D eigenvalue weighted by molar-refractivity contribution is 0.444. The third-order valence-corrected chi connectivity index (χ3v) is 4.67. The molecule has 0 heterocycles. The van der Waals surface area contributed by atoms with Crippen LogP contribution in [0.25, 0.3) is 0 Å². The van der Waals surface area contributed by atoms with Crippen molar-refractivity contribution in [3.8, 4) is 0 Å². The molecule has 22 heavy (non-hydrogen) atoms.